The highest BCUT2D eigenvalue weighted by atomic mass is 32.2. The van der Waals surface area contributed by atoms with Crippen molar-refractivity contribution in [2.75, 3.05) is 7.11 Å². The molecule has 5 aromatic rings. The molecule has 0 atom stereocenters. The van der Waals surface area contributed by atoms with E-state index in [0.29, 0.717) is 28.4 Å². The first kappa shape index (κ1) is 23.7. The van der Waals surface area contributed by atoms with Crippen molar-refractivity contribution >= 4 is 11.8 Å². The summed E-state index contributed by atoms with van der Waals surface area (Å²) in [7, 11) is 1.65. The molecule has 2 aromatic heterocycles. The lowest BCUT2D eigenvalue weighted by molar-refractivity contribution is 0.293. The third-order valence-electron chi connectivity index (χ3n) is 5.75. The van der Waals surface area contributed by atoms with Crippen LogP contribution in [0, 0.1) is 13.8 Å². The summed E-state index contributed by atoms with van der Waals surface area (Å²) >= 11 is 1.50. The number of oxazole rings is 1. The minimum atomic E-state index is 0.229. The van der Waals surface area contributed by atoms with E-state index in [4.69, 9.17) is 13.9 Å². The van der Waals surface area contributed by atoms with E-state index in [2.05, 4.69) is 33.4 Å². The lowest BCUT2D eigenvalue weighted by atomic mass is 10.1. The van der Waals surface area contributed by atoms with Crippen LogP contribution in [0.15, 0.2) is 88.4 Å². The highest BCUT2D eigenvalue weighted by molar-refractivity contribution is 7.98. The normalized spacial score (nSPS) is 11.0. The van der Waals surface area contributed by atoms with Crippen molar-refractivity contribution in [1.29, 1.82) is 0 Å². The summed E-state index contributed by atoms with van der Waals surface area (Å²) in [6, 6.07) is 26.0. The van der Waals surface area contributed by atoms with Crippen molar-refractivity contribution in [3.05, 3.63) is 102 Å². The molecular weight excluding hydrogens is 472 g/mol. The maximum absolute atomic E-state index is 6.30. The van der Waals surface area contributed by atoms with Crippen LogP contribution in [0.2, 0.25) is 0 Å². The Kier molecular flexibility index (Phi) is 7.04. The highest BCUT2D eigenvalue weighted by Crippen LogP contribution is 2.33. The first-order chi connectivity index (χ1) is 17.6. The Labute approximate surface area is 214 Å². The SMILES string of the molecule is COc1ccccc1-n1c(COc2ccccc2-c2ccccc2)nnc1SCc1nc(C)c(C)o1. The maximum atomic E-state index is 6.30. The van der Waals surface area contributed by atoms with Gasteiger partial charge < -0.3 is 13.9 Å². The number of hydrogen-bond acceptors (Lipinski definition) is 7. The third kappa shape index (κ3) is 4.99. The zero-order valence-electron chi connectivity index (χ0n) is 20.3. The fourth-order valence-electron chi connectivity index (χ4n) is 3.86. The monoisotopic (exact) mass is 498 g/mol. The Morgan fingerprint density at radius 1 is 0.861 bits per heavy atom. The van der Waals surface area contributed by atoms with Crippen LogP contribution in [0.5, 0.6) is 11.5 Å². The fourth-order valence-corrected chi connectivity index (χ4v) is 4.67. The third-order valence-corrected chi connectivity index (χ3v) is 6.67. The van der Waals surface area contributed by atoms with E-state index in [1.165, 1.54) is 11.8 Å². The number of aromatic nitrogens is 4. The summed E-state index contributed by atoms with van der Waals surface area (Å²) in [4.78, 5) is 4.49. The molecule has 0 unspecified atom stereocenters. The van der Waals surface area contributed by atoms with Gasteiger partial charge in [-0.25, -0.2) is 4.98 Å². The maximum Gasteiger partial charge on any atom is 0.205 e. The van der Waals surface area contributed by atoms with E-state index in [0.717, 1.165) is 34.0 Å². The minimum absolute atomic E-state index is 0.229. The van der Waals surface area contributed by atoms with E-state index in [1.54, 1.807) is 7.11 Å². The van der Waals surface area contributed by atoms with Gasteiger partial charge >= 0.3 is 0 Å². The van der Waals surface area contributed by atoms with Crippen LogP contribution in [0.25, 0.3) is 16.8 Å². The van der Waals surface area contributed by atoms with Gasteiger partial charge in [-0.3, -0.25) is 4.57 Å². The van der Waals surface area contributed by atoms with Crippen LogP contribution in [0.1, 0.15) is 23.2 Å². The molecule has 0 saturated heterocycles. The van der Waals surface area contributed by atoms with Gasteiger partial charge in [-0.1, -0.05) is 72.4 Å². The topological polar surface area (TPSA) is 75.2 Å². The summed E-state index contributed by atoms with van der Waals surface area (Å²) < 4.78 is 19.7. The van der Waals surface area contributed by atoms with Crippen LogP contribution in [-0.4, -0.2) is 26.9 Å². The number of aryl methyl sites for hydroxylation is 2. The van der Waals surface area contributed by atoms with Crippen molar-refractivity contribution in [3.8, 4) is 28.3 Å². The van der Waals surface area contributed by atoms with E-state index < -0.39 is 0 Å². The number of para-hydroxylation sites is 3. The summed E-state index contributed by atoms with van der Waals surface area (Å²) in [6.07, 6.45) is 0. The molecule has 36 heavy (non-hydrogen) atoms. The number of hydrogen-bond donors (Lipinski definition) is 0. The second-order valence-electron chi connectivity index (χ2n) is 8.09. The molecule has 5 rings (SSSR count). The Hall–Kier alpha value is -4.04. The van der Waals surface area contributed by atoms with Gasteiger partial charge in [-0.2, -0.15) is 0 Å². The largest absolute Gasteiger partial charge is 0.495 e. The van der Waals surface area contributed by atoms with Gasteiger partial charge in [0.2, 0.25) is 5.89 Å². The summed E-state index contributed by atoms with van der Waals surface area (Å²) in [5.74, 6) is 4.15. The van der Waals surface area contributed by atoms with E-state index in [-0.39, 0.29) is 6.61 Å². The Morgan fingerprint density at radius 3 is 2.33 bits per heavy atom. The van der Waals surface area contributed by atoms with E-state index >= 15 is 0 Å². The Balaban J connectivity index is 1.46. The lowest BCUT2D eigenvalue weighted by Crippen LogP contribution is -2.08. The molecule has 2 heterocycles. The average Bonchev–Trinajstić information content (AvgIpc) is 3.48. The number of methoxy groups -OCH3 is 1. The van der Waals surface area contributed by atoms with Gasteiger partial charge in [-0.05, 0) is 37.6 Å². The summed E-state index contributed by atoms with van der Waals surface area (Å²) in [6.45, 7) is 4.08. The molecule has 0 aliphatic heterocycles. The lowest BCUT2D eigenvalue weighted by Gasteiger charge is -2.15. The van der Waals surface area contributed by atoms with Crippen LogP contribution < -0.4 is 9.47 Å². The van der Waals surface area contributed by atoms with Crippen molar-refractivity contribution in [2.24, 2.45) is 0 Å². The molecule has 0 radical (unpaired) electrons. The molecule has 8 heteroatoms. The molecule has 182 valence electrons. The molecule has 0 aliphatic carbocycles. The predicted molar refractivity (Wildman–Crippen MR) is 140 cm³/mol. The predicted octanol–water partition coefficient (Wildman–Crippen LogP) is 6.42. The second-order valence-corrected chi connectivity index (χ2v) is 9.04. The van der Waals surface area contributed by atoms with Gasteiger partial charge in [0, 0.05) is 5.56 Å². The number of benzene rings is 3. The molecule has 0 spiro atoms. The molecule has 0 N–H and O–H groups in total. The van der Waals surface area contributed by atoms with Crippen molar-refractivity contribution in [2.45, 2.75) is 31.4 Å². The van der Waals surface area contributed by atoms with Crippen LogP contribution in [0.3, 0.4) is 0 Å². The van der Waals surface area contributed by atoms with Crippen LogP contribution in [-0.2, 0) is 12.4 Å². The van der Waals surface area contributed by atoms with Crippen molar-refractivity contribution in [1.82, 2.24) is 19.7 Å². The Bertz CT molecular complexity index is 1440. The molecule has 0 saturated carbocycles. The summed E-state index contributed by atoms with van der Waals surface area (Å²) in [5, 5.41) is 9.65. The van der Waals surface area contributed by atoms with Gasteiger partial charge in [0.25, 0.3) is 0 Å². The first-order valence-electron chi connectivity index (χ1n) is 11.5. The van der Waals surface area contributed by atoms with Gasteiger partial charge in [-0.15, -0.1) is 10.2 Å². The molecule has 3 aromatic carbocycles. The zero-order valence-corrected chi connectivity index (χ0v) is 21.2. The second kappa shape index (κ2) is 10.7. The number of thioether (sulfide) groups is 1. The molecule has 0 fully saturated rings. The smallest absolute Gasteiger partial charge is 0.205 e. The molecule has 0 aliphatic rings. The fraction of sp³-hybridized carbons (Fsp3) is 0.179. The van der Waals surface area contributed by atoms with Gasteiger partial charge in [0.1, 0.15) is 23.9 Å². The standard InChI is InChI=1S/C28H26N4O3S/c1-19-20(2)35-27(29-19)18-36-28-31-30-26(32(28)23-14-8-10-16-25(23)33-3)17-34-24-15-9-7-13-22(24)21-11-5-4-6-12-21/h4-16H,17-18H2,1-3H3. The average molecular weight is 499 g/mol. The minimum Gasteiger partial charge on any atom is -0.495 e. The van der Waals surface area contributed by atoms with Crippen molar-refractivity contribution in [3.63, 3.8) is 0 Å². The van der Waals surface area contributed by atoms with E-state index in [1.807, 2.05) is 79.1 Å². The quantitative estimate of drug-likeness (QED) is 0.217. The summed E-state index contributed by atoms with van der Waals surface area (Å²) in [5.41, 5.74) is 3.84. The van der Waals surface area contributed by atoms with Gasteiger partial charge in [0.15, 0.2) is 11.0 Å². The highest BCUT2D eigenvalue weighted by Gasteiger charge is 2.20. The zero-order chi connectivity index (χ0) is 24.9. The van der Waals surface area contributed by atoms with Crippen molar-refractivity contribution < 1.29 is 13.9 Å². The molecule has 7 nitrogen and oxygen atoms in total. The molecular formula is C28H26N4O3S. The number of ether oxygens (including phenoxy) is 2. The number of nitrogens with zero attached hydrogens (tertiary/aromatic N) is 4. The van der Waals surface area contributed by atoms with E-state index in [9.17, 15) is 0 Å². The number of rotatable bonds is 9. The van der Waals surface area contributed by atoms with Gasteiger partial charge in [0.05, 0.1) is 24.2 Å². The Morgan fingerprint density at radius 2 is 1.58 bits per heavy atom. The molecule has 0 amide bonds. The molecule has 0 bridgehead atoms. The van der Waals surface area contributed by atoms with Crippen LogP contribution >= 0.6 is 11.8 Å². The first-order valence-corrected chi connectivity index (χ1v) is 12.5. The van der Waals surface area contributed by atoms with Crippen LogP contribution in [0.4, 0.5) is 0 Å².